The smallest absolute Gasteiger partial charge is 0.283 e. The summed E-state index contributed by atoms with van der Waals surface area (Å²) in [7, 11) is 0. The predicted octanol–water partition coefficient (Wildman–Crippen LogP) is 2.50. The maximum atomic E-state index is 5.77. The second-order valence-corrected chi connectivity index (χ2v) is 5.93. The van der Waals surface area contributed by atoms with Gasteiger partial charge in [0.25, 0.3) is 5.89 Å². The summed E-state index contributed by atoms with van der Waals surface area (Å²) >= 11 is 0. The van der Waals surface area contributed by atoms with Gasteiger partial charge in [0, 0.05) is 24.0 Å². The Kier molecular flexibility index (Phi) is 3.70. The number of hydrogen-bond donors (Lipinski definition) is 0. The van der Waals surface area contributed by atoms with E-state index in [-0.39, 0.29) is 0 Å². The van der Waals surface area contributed by atoms with Crippen molar-refractivity contribution in [3.8, 4) is 11.7 Å². The summed E-state index contributed by atoms with van der Waals surface area (Å²) in [6, 6.07) is 4.30. The summed E-state index contributed by atoms with van der Waals surface area (Å²) in [5, 5.41) is 12.6. The van der Waals surface area contributed by atoms with Crippen LogP contribution >= 0.6 is 0 Å². The topological polar surface area (TPSA) is 73.1 Å². The van der Waals surface area contributed by atoms with Crippen molar-refractivity contribution in [1.29, 1.82) is 0 Å². The molecule has 0 aliphatic carbocycles. The molecule has 0 bridgehead atoms. The van der Waals surface area contributed by atoms with Crippen LogP contribution in [-0.4, -0.2) is 37.5 Å². The average Bonchev–Trinajstić information content (AvgIpc) is 3.30. The van der Waals surface area contributed by atoms with E-state index < -0.39 is 0 Å². The van der Waals surface area contributed by atoms with Crippen LogP contribution in [0.2, 0.25) is 0 Å². The molecule has 1 aliphatic rings. The van der Waals surface area contributed by atoms with Crippen LogP contribution in [0.4, 0.5) is 0 Å². The molecular formula is C16H19N5O2. The van der Waals surface area contributed by atoms with Gasteiger partial charge in [0.05, 0.1) is 19.4 Å². The lowest BCUT2D eigenvalue weighted by Gasteiger charge is -2.22. The lowest BCUT2D eigenvalue weighted by molar-refractivity contribution is 0.200. The number of hydrogen-bond acceptors (Lipinski definition) is 6. The van der Waals surface area contributed by atoms with Crippen LogP contribution in [-0.2, 0) is 13.1 Å². The third-order valence-electron chi connectivity index (χ3n) is 4.32. The first-order valence-electron chi connectivity index (χ1n) is 7.88. The lowest BCUT2D eigenvalue weighted by Crippen LogP contribution is -2.32. The Labute approximate surface area is 133 Å². The number of likely N-dealkylation sites (tertiary alicyclic amines) is 1. The molecule has 3 aromatic rings. The Morgan fingerprint density at radius 3 is 3.09 bits per heavy atom. The molecule has 7 nitrogen and oxygen atoms in total. The minimum Gasteiger partial charge on any atom is -0.459 e. The van der Waals surface area contributed by atoms with Gasteiger partial charge in [0.1, 0.15) is 0 Å². The zero-order valence-electron chi connectivity index (χ0n) is 13.1. The van der Waals surface area contributed by atoms with Gasteiger partial charge >= 0.3 is 0 Å². The first-order chi connectivity index (χ1) is 11.3. The van der Waals surface area contributed by atoms with Crippen molar-refractivity contribution >= 4 is 0 Å². The Bertz CT molecular complexity index is 761. The molecule has 0 spiro atoms. The minimum absolute atomic E-state index is 0.449. The van der Waals surface area contributed by atoms with Crippen LogP contribution in [0.15, 0.2) is 39.6 Å². The molecule has 1 aliphatic heterocycles. The van der Waals surface area contributed by atoms with Crippen molar-refractivity contribution in [3.63, 3.8) is 0 Å². The third kappa shape index (κ3) is 2.92. The van der Waals surface area contributed by atoms with Crippen molar-refractivity contribution in [2.24, 2.45) is 0 Å². The summed E-state index contributed by atoms with van der Waals surface area (Å²) in [6.45, 7) is 4.57. The number of aryl methyl sites for hydroxylation is 1. The summed E-state index contributed by atoms with van der Waals surface area (Å²) in [5.41, 5.74) is 0.998. The first kappa shape index (κ1) is 14.2. The molecule has 1 unspecified atom stereocenters. The molecule has 1 saturated heterocycles. The molecule has 3 aromatic heterocycles. The third-order valence-corrected chi connectivity index (χ3v) is 4.32. The molecular weight excluding hydrogens is 294 g/mol. The van der Waals surface area contributed by atoms with E-state index >= 15 is 0 Å². The monoisotopic (exact) mass is 313 g/mol. The van der Waals surface area contributed by atoms with E-state index in [2.05, 4.69) is 20.2 Å². The van der Waals surface area contributed by atoms with Gasteiger partial charge in [-0.1, -0.05) is 0 Å². The van der Waals surface area contributed by atoms with Crippen molar-refractivity contribution in [2.45, 2.75) is 38.9 Å². The average molecular weight is 313 g/mol. The van der Waals surface area contributed by atoms with Gasteiger partial charge in [-0.25, -0.2) is 0 Å². The number of nitrogens with zero attached hydrogens (tertiary/aromatic N) is 5. The zero-order chi connectivity index (χ0) is 15.6. The SMILES string of the molecule is Cc1ccoc1-c1nnc(CN2CCCC2Cn2cccn2)o1. The Morgan fingerprint density at radius 2 is 2.30 bits per heavy atom. The second kappa shape index (κ2) is 6.00. The molecule has 1 atom stereocenters. The van der Waals surface area contributed by atoms with Crippen molar-refractivity contribution in [2.75, 3.05) is 6.54 Å². The van der Waals surface area contributed by atoms with Gasteiger partial charge in [-0.3, -0.25) is 9.58 Å². The Hall–Kier alpha value is -2.41. The summed E-state index contributed by atoms with van der Waals surface area (Å²) in [6.07, 6.45) is 7.80. The number of rotatable bonds is 5. The minimum atomic E-state index is 0.449. The Balaban J connectivity index is 1.45. The summed E-state index contributed by atoms with van der Waals surface area (Å²) in [4.78, 5) is 2.38. The highest BCUT2D eigenvalue weighted by Crippen LogP contribution is 2.25. The van der Waals surface area contributed by atoms with Crippen molar-refractivity contribution < 1.29 is 8.83 Å². The highest BCUT2D eigenvalue weighted by molar-refractivity contribution is 5.49. The molecule has 0 radical (unpaired) electrons. The molecule has 4 heterocycles. The van der Waals surface area contributed by atoms with Crippen molar-refractivity contribution in [3.05, 3.63) is 42.2 Å². The highest BCUT2D eigenvalue weighted by Gasteiger charge is 2.27. The maximum absolute atomic E-state index is 5.77. The van der Waals surface area contributed by atoms with E-state index in [1.54, 1.807) is 6.26 Å². The van der Waals surface area contributed by atoms with Gasteiger partial charge in [-0.2, -0.15) is 5.10 Å². The van der Waals surface area contributed by atoms with E-state index in [1.165, 1.54) is 6.42 Å². The Morgan fingerprint density at radius 1 is 1.35 bits per heavy atom. The molecule has 0 N–H and O–H groups in total. The fourth-order valence-corrected chi connectivity index (χ4v) is 3.11. The van der Waals surface area contributed by atoms with Crippen LogP contribution in [0.25, 0.3) is 11.7 Å². The first-order valence-corrected chi connectivity index (χ1v) is 7.88. The number of aromatic nitrogens is 4. The molecule has 7 heteroatoms. The van der Waals surface area contributed by atoms with Crippen LogP contribution in [0.5, 0.6) is 0 Å². The van der Waals surface area contributed by atoms with Gasteiger partial charge in [0.15, 0.2) is 5.76 Å². The standard InChI is InChI=1S/C16H19N5O2/c1-12-5-9-22-15(12)16-19-18-14(23-16)11-20-7-2-4-13(20)10-21-8-3-6-17-21/h3,5-6,8-9,13H,2,4,7,10-11H2,1H3. The van der Waals surface area contributed by atoms with Crippen LogP contribution in [0, 0.1) is 6.92 Å². The van der Waals surface area contributed by atoms with Crippen LogP contribution in [0.3, 0.4) is 0 Å². The van der Waals surface area contributed by atoms with Gasteiger partial charge < -0.3 is 8.83 Å². The molecule has 4 rings (SSSR count). The largest absolute Gasteiger partial charge is 0.459 e. The van der Waals surface area contributed by atoms with E-state index in [4.69, 9.17) is 8.83 Å². The quantitative estimate of drug-likeness (QED) is 0.720. The zero-order valence-corrected chi connectivity index (χ0v) is 13.1. The highest BCUT2D eigenvalue weighted by atomic mass is 16.4. The molecule has 0 aromatic carbocycles. The fraction of sp³-hybridized carbons (Fsp3) is 0.438. The molecule has 1 fully saturated rings. The van der Waals surface area contributed by atoms with Crippen molar-refractivity contribution in [1.82, 2.24) is 24.9 Å². The normalized spacial score (nSPS) is 18.7. The van der Waals surface area contributed by atoms with Gasteiger partial charge in [-0.05, 0) is 38.4 Å². The van der Waals surface area contributed by atoms with E-state index in [0.29, 0.717) is 30.1 Å². The lowest BCUT2D eigenvalue weighted by atomic mass is 10.2. The molecule has 120 valence electrons. The van der Waals surface area contributed by atoms with Crippen LogP contribution < -0.4 is 0 Å². The van der Waals surface area contributed by atoms with E-state index in [1.807, 2.05) is 36.1 Å². The summed E-state index contributed by atoms with van der Waals surface area (Å²) in [5.74, 6) is 1.73. The maximum Gasteiger partial charge on any atom is 0.283 e. The van der Waals surface area contributed by atoms with Crippen LogP contribution in [0.1, 0.15) is 24.3 Å². The molecule has 0 amide bonds. The fourth-order valence-electron chi connectivity index (χ4n) is 3.11. The molecule has 0 saturated carbocycles. The predicted molar refractivity (Wildman–Crippen MR) is 82.4 cm³/mol. The van der Waals surface area contributed by atoms with Gasteiger partial charge in [0.2, 0.25) is 5.89 Å². The summed E-state index contributed by atoms with van der Waals surface area (Å²) < 4.78 is 13.2. The van der Waals surface area contributed by atoms with E-state index in [9.17, 15) is 0 Å². The van der Waals surface area contributed by atoms with E-state index in [0.717, 1.165) is 25.1 Å². The second-order valence-electron chi connectivity index (χ2n) is 5.93. The molecule has 23 heavy (non-hydrogen) atoms. The van der Waals surface area contributed by atoms with Gasteiger partial charge in [-0.15, -0.1) is 10.2 Å². The number of furan rings is 1.